The fourth-order valence-corrected chi connectivity index (χ4v) is 4.02. The lowest BCUT2D eigenvalue weighted by Crippen LogP contribution is -2.03. The minimum absolute atomic E-state index is 0.204. The third-order valence-corrected chi connectivity index (χ3v) is 5.06. The molecule has 0 spiro atoms. The average molecular weight is 372 g/mol. The predicted octanol–water partition coefficient (Wildman–Crippen LogP) is 5.69. The summed E-state index contributed by atoms with van der Waals surface area (Å²) in [4.78, 5) is 10.2. The second kappa shape index (κ2) is 7.54. The van der Waals surface area contributed by atoms with E-state index in [0.717, 1.165) is 32.5 Å². The van der Waals surface area contributed by atoms with Crippen LogP contribution in [0.2, 0.25) is 5.02 Å². The van der Waals surface area contributed by atoms with Crippen LogP contribution in [0.1, 0.15) is 39.2 Å². The summed E-state index contributed by atoms with van der Waals surface area (Å²) in [6, 6.07) is 16.6. The molecule has 0 aliphatic heterocycles. The van der Waals surface area contributed by atoms with Crippen LogP contribution in [0.4, 0.5) is 0 Å². The number of para-hydroxylation sites is 1. The molecule has 130 valence electrons. The van der Waals surface area contributed by atoms with Gasteiger partial charge >= 0.3 is 0 Å². The second-order valence-electron chi connectivity index (χ2n) is 6.55. The molecule has 0 aliphatic carbocycles. The SMILES string of the molecule is CC(C)N=c1nc(-c2ccc(C(C)C)c(Cl)c2)n(-c2ccccc2)s1. The van der Waals surface area contributed by atoms with Gasteiger partial charge in [-0.15, -0.1) is 0 Å². The Bertz CT molecular complexity index is 924. The van der Waals surface area contributed by atoms with Crippen LogP contribution in [0, 0.1) is 0 Å². The summed E-state index contributed by atoms with van der Waals surface area (Å²) in [7, 11) is 0. The molecule has 0 aliphatic rings. The maximum Gasteiger partial charge on any atom is 0.223 e. The van der Waals surface area contributed by atoms with Crippen LogP contribution in [-0.2, 0) is 0 Å². The van der Waals surface area contributed by atoms with Gasteiger partial charge in [0, 0.05) is 16.6 Å². The number of halogens is 1. The summed E-state index contributed by atoms with van der Waals surface area (Å²) in [5.41, 5.74) is 3.22. The van der Waals surface area contributed by atoms with Gasteiger partial charge in [0.1, 0.15) is 0 Å². The van der Waals surface area contributed by atoms with Crippen molar-refractivity contribution < 1.29 is 0 Å². The van der Waals surface area contributed by atoms with Crippen molar-refractivity contribution in [1.29, 1.82) is 0 Å². The summed E-state index contributed by atoms with van der Waals surface area (Å²) in [5, 5.41) is 0.780. The smallest absolute Gasteiger partial charge is 0.223 e. The molecule has 0 saturated carbocycles. The van der Waals surface area contributed by atoms with Gasteiger partial charge in [0.15, 0.2) is 5.82 Å². The maximum absolute atomic E-state index is 6.51. The Morgan fingerprint density at radius 3 is 2.36 bits per heavy atom. The number of nitrogens with zero attached hydrogens (tertiary/aromatic N) is 3. The quantitative estimate of drug-likeness (QED) is 0.579. The van der Waals surface area contributed by atoms with Crippen LogP contribution < -0.4 is 4.80 Å². The molecule has 25 heavy (non-hydrogen) atoms. The van der Waals surface area contributed by atoms with Crippen molar-refractivity contribution in [2.24, 2.45) is 4.99 Å². The molecular formula is C20H22ClN3S. The van der Waals surface area contributed by atoms with Crippen molar-refractivity contribution in [3.63, 3.8) is 0 Å². The average Bonchev–Trinajstić information content (AvgIpc) is 2.98. The van der Waals surface area contributed by atoms with E-state index in [9.17, 15) is 0 Å². The van der Waals surface area contributed by atoms with Gasteiger partial charge in [-0.2, -0.15) is 4.98 Å². The molecule has 0 atom stereocenters. The Morgan fingerprint density at radius 2 is 1.76 bits per heavy atom. The van der Waals surface area contributed by atoms with Gasteiger partial charge in [-0.05, 0) is 55.1 Å². The van der Waals surface area contributed by atoms with Crippen molar-refractivity contribution in [3.8, 4) is 17.1 Å². The molecule has 0 amide bonds. The van der Waals surface area contributed by atoms with Gasteiger partial charge in [-0.1, -0.05) is 55.8 Å². The molecular weight excluding hydrogens is 350 g/mol. The van der Waals surface area contributed by atoms with Gasteiger partial charge in [0.05, 0.1) is 5.69 Å². The first-order chi connectivity index (χ1) is 12.0. The molecule has 3 nitrogen and oxygen atoms in total. The zero-order valence-corrected chi connectivity index (χ0v) is 16.5. The van der Waals surface area contributed by atoms with Crippen LogP contribution in [0.15, 0.2) is 53.5 Å². The lowest BCUT2D eigenvalue weighted by Gasteiger charge is -2.11. The number of rotatable bonds is 4. The van der Waals surface area contributed by atoms with Gasteiger partial charge < -0.3 is 0 Å². The van der Waals surface area contributed by atoms with Crippen molar-refractivity contribution in [2.75, 3.05) is 0 Å². The lowest BCUT2D eigenvalue weighted by atomic mass is 10.0. The van der Waals surface area contributed by atoms with Crippen LogP contribution in [0.25, 0.3) is 17.1 Å². The molecule has 0 N–H and O–H groups in total. The van der Waals surface area contributed by atoms with E-state index in [0.29, 0.717) is 5.92 Å². The Kier molecular flexibility index (Phi) is 5.40. The van der Waals surface area contributed by atoms with Crippen molar-refractivity contribution in [2.45, 2.75) is 39.7 Å². The van der Waals surface area contributed by atoms with Crippen LogP contribution in [-0.4, -0.2) is 15.0 Å². The molecule has 2 aromatic carbocycles. The van der Waals surface area contributed by atoms with E-state index in [-0.39, 0.29) is 6.04 Å². The highest BCUT2D eigenvalue weighted by Gasteiger charge is 2.14. The fraction of sp³-hybridized carbons (Fsp3) is 0.300. The summed E-state index contributed by atoms with van der Waals surface area (Å²) >= 11 is 8.05. The Labute approximate surface area is 157 Å². The minimum Gasteiger partial charge on any atom is -0.253 e. The largest absolute Gasteiger partial charge is 0.253 e. The molecule has 1 heterocycles. The van der Waals surface area contributed by atoms with Crippen LogP contribution >= 0.6 is 23.1 Å². The minimum atomic E-state index is 0.204. The number of benzene rings is 2. The van der Waals surface area contributed by atoms with E-state index in [4.69, 9.17) is 16.6 Å². The predicted molar refractivity (Wildman–Crippen MR) is 107 cm³/mol. The van der Waals surface area contributed by atoms with E-state index < -0.39 is 0 Å². The van der Waals surface area contributed by atoms with Gasteiger partial charge in [0.25, 0.3) is 0 Å². The Balaban J connectivity index is 2.18. The maximum atomic E-state index is 6.51. The summed E-state index contributed by atoms with van der Waals surface area (Å²) in [5.74, 6) is 1.26. The standard InChI is InChI=1S/C20H22ClN3S/c1-13(2)17-11-10-15(12-18(17)21)19-23-20(22-14(3)4)25-24(19)16-8-6-5-7-9-16/h5-14H,1-4H3. The first-order valence-electron chi connectivity index (χ1n) is 8.45. The van der Waals surface area contributed by atoms with Crippen molar-refractivity contribution in [1.82, 2.24) is 8.94 Å². The molecule has 0 radical (unpaired) electrons. The molecule has 0 unspecified atom stereocenters. The van der Waals surface area contributed by atoms with E-state index in [1.807, 2.05) is 24.3 Å². The highest BCUT2D eigenvalue weighted by Crippen LogP contribution is 2.30. The highest BCUT2D eigenvalue weighted by molar-refractivity contribution is 7.04. The number of hydrogen-bond acceptors (Lipinski definition) is 3. The van der Waals surface area contributed by atoms with Gasteiger partial charge in [-0.3, -0.25) is 4.99 Å². The summed E-state index contributed by atoms with van der Waals surface area (Å²) in [6.45, 7) is 8.41. The van der Waals surface area contributed by atoms with Crippen molar-refractivity contribution >= 4 is 23.1 Å². The number of aromatic nitrogens is 2. The molecule has 0 fully saturated rings. The molecule has 3 rings (SSSR count). The Hall–Kier alpha value is -1.91. The highest BCUT2D eigenvalue weighted by atomic mass is 35.5. The molecule has 0 saturated heterocycles. The molecule has 0 bridgehead atoms. The third kappa shape index (κ3) is 4.02. The van der Waals surface area contributed by atoms with Gasteiger partial charge in [-0.25, -0.2) is 3.96 Å². The Morgan fingerprint density at radius 1 is 1.04 bits per heavy atom. The lowest BCUT2D eigenvalue weighted by molar-refractivity contribution is 0.801. The van der Waals surface area contributed by atoms with Crippen LogP contribution in [0.3, 0.4) is 0 Å². The summed E-state index contributed by atoms with van der Waals surface area (Å²) in [6.07, 6.45) is 0. The van der Waals surface area contributed by atoms with Crippen LogP contribution in [0.5, 0.6) is 0 Å². The third-order valence-electron chi connectivity index (χ3n) is 3.81. The number of hydrogen-bond donors (Lipinski definition) is 0. The monoisotopic (exact) mass is 371 g/mol. The zero-order valence-electron chi connectivity index (χ0n) is 14.9. The summed E-state index contributed by atoms with van der Waals surface area (Å²) < 4.78 is 2.11. The molecule has 5 heteroatoms. The zero-order chi connectivity index (χ0) is 18.0. The first-order valence-corrected chi connectivity index (χ1v) is 9.60. The fourth-order valence-electron chi connectivity index (χ4n) is 2.61. The topological polar surface area (TPSA) is 30.2 Å². The molecule has 3 aromatic rings. The van der Waals surface area contributed by atoms with E-state index in [1.165, 1.54) is 0 Å². The molecule has 1 aromatic heterocycles. The van der Waals surface area contributed by atoms with Gasteiger partial charge in [0.2, 0.25) is 4.80 Å². The normalized spacial score (nSPS) is 12.4. The van der Waals surface area contributed by atoms with E-state index in [1.54, 1.807) is 11.5 Å². The first kappa shape index (κ1) is 17.9. The van der Waals surface area contributed by atoms with E-state index >= 15 is 0 Å². The van der Waals surface area contributed by atoms with E-state index in [2.05, 4.69) is 60.9 Å². The van der Waals surface area contributed by atoms with Crippen molar-refractivity contribution in [3.05, 3.63) is 63.9 Å². The second-order valence-corrected chi connectivity index (χ2v) is 7.87.